The summed E-state index contributed by atoms with van der Waals surface area (Å²) in [6.45, 7) is 5.07. The van der Waals surface area contributed by atoms with Crippen LogP contribution in [0.25, 0.3) is 0 Å². The maximum atomic E-state index is 13.2. The number of nitrogens with one attached hydrogen (secondary N) is 1. The maximum Gasteiger partial charge on any atom is 0.339 e. The van der Waals surface area contributed by atoms with Gasteiger partial charge in [-0.3, -0.25) is 14.4 Å². The molecule has 0 fully saturated rings. The summed E-state index contributed by atoms with van der Waals surface area (Å²) in [4.78, 5) is 53.3. The summed E-state index contributed by atoms with van der Waals surface area (Å²) in [6.07, 6.45) is 0. The van der Waals surface area contributed by atoms with Crippen LogP contribution in [0.1, 0.15) is 65.3 Å². The zero-order chi connectivity index (χ0) is 24.4. The zero-order valence-electron chi connectivity index (χ0n) is 19.0. The molecule has 8 nitrogen and oxygen atoms in total. The Morgan fingerprint density at radius 2 is 1.62 bits per heavy atom. The molecule has 0 aliphatic carbocycles. The molecule has 2 heterocycles. The van der Waals surface area contributed by atoms with E-state index in [1.165, 1.54) is 19.1 Å². The number of rotatable bonds is 7. The molecule has 0 atom stereocenters. The molecule has 1 N–H and O–H groups in total. The lowest BCUT2D eigenvalue weighted by Crippen LogP contribution is -2.18. The molecule has 174 valence electrons. The van der Waals surface area contributed by atoms with Crippen LogP contribution in [0, 0.1) is 13.8 Å². The minimum absolute atomic E-state index is 0.0407. The number of hydrogen-bond acceptors (Lipinski definition) is 7. The number of carbonyl (C=O) groups excluding carboxylic acids is 4. The molecule has 1 aliphatic rings. The van der Waals surface area contributed by atoms with E-state index in [1.54, 1.807) is 44.2 Å². The van der Waals surface area contributed by atoms with Crippen LogP contribution < -0.4 is 9.47 Å². The number of ketones is 3. The molecule has 0 amide bonds. The maximum absolute atomic E-state index is 13.2. The molecule has 4 rings (SSSR count). The first-order valence-electron chi connectivity index (χ1n) is 10.7. The van der Waals surface area contributed by atoms with Crippen molar-refractivity contribution in [3.05, 3.63) is 81.7 Å². The van der Waals surface area contributed by atoms with Crippen LogP contribution in [0.3, 0.4) is 0 Å². The Morgan fingerprint density at radius 3 is 2.29 bits per heavy atom. The van der Waals surface area contributed by atoms with Crippen molar-refractivity contribution in [3.63, 3.8) is 0 Å². The highest BCUT2D eigenvalue weighted by atomic mass is 16.6. The van der Waals surface area contributed by atoms with Crippen LogP contribution in [-0.2, 0) is 4.74 Å². The number of esters is 1. The van der Waals surface area contributed by atoms with Crippen molar-refractivity contribution < 1.29 is 33.4 Å². The van der Waals surface area contributed by atoms with Gasteiger partial charge in [-0.1, -0.05) is 18.2 Å². The van der Waals surface area contributed by atoms with Crippen LogP contribution in [0.4, 0.5) is 0 Å². The fraction of sp³-hybridized carbons (Fsp3) is 0.231. The summed E-state index contributed by atoms with van der Waals surface area (Å²) in [5, 5.41) is 0. The molecule has 1 aromatic heterocycles. The minimum Gasteiger partial charge on any atom is -0.486 e. The van der Waals surface area contributed by atoms with Crippen LogP contribution in [0.2, 0.25) is 0 Å². The SMILES string of the molecule is CC(=O)c1c(C)[nH]c(C(=O)COC(=O)c2ccccc2C(=O)c2ccc3c(c2)OCCO3)c1C. The first-order valence-corrected chi connectivity index (χ1v) is 10.7. The Kier molecular flexibility index (Phi) is 6.32. The number of carbonyl (C=O) groups is 4. The molecule has 2 aromatic carbocycles. The van der Waals surface area contributed by atoms with Crippen LogP contribution in [-0.4, -0.2) is 48.1 Å². The lowest BCUT2D eigenvalue weighted by atomic mass is 9.98. The Labute approximate surface area is 195 Å². The summed E-state index contributed by atoms with van der Waals surface area (Å²) in [5.41, 5.74) is 2.27. The van der Waals surface area contributed by atoms with Crippen LogP contribution in [0.15, 0.2) is 42.5 Å². The van der Waals surface area contributed by atoms with Gasteiger partial charge in [0.05, 0.1) is 11.3 Å². The lowest BCUT2D eigenvalue weighted by Gasteiger charge is -2.18. The predicted octanol–water partition coefficient (Wildman–Crippen LogP) is 3.88. The molecule has 1 aliphatic heterocycles. The fourth-order valence-electron chi connectivity index (χ4n) is 4.04. The number of H-pyrrole nitrogens is 1. The van der Waals surface area contributed by atoms with Gasteiger partial charge in [0.1, 0.15) is 13.2 Å². The van der Waals surface area contributed by atoms with E-state index in [4.69, 9.17) is 14.2 Å². The van der Waals surface area contributed by atoms with E-state index < -0.39 is 24.1 Å². The Hall–Kier alpha value is -4.20. The van der Waals surface area contributed by atoms with Gasteiger partial charge in [-0.05, 0) is 50.6 Å². The van der Waals surface area contributed by atoms with Crippen molar-refractivity contribution in [2.75, 3.05) is 19.8 Å². The number of fused-ring (bicyclic) bond motifs is 1. The van der Waals surface area contributed by atoms with E-state index in [9.17, 15) is 19.2 Å². The molecule has 0 radical (unpaired) electrons. The van der Waals surface area contributed by atoms with Crippen LogP contribution in [0.5, 0.6) is 11.5 Å². The summed E-state index contributed by atoms with van der Waals surface area (Å²) in [7, 11) is 0. The van der Waals surface area contributed by atoms with Gasteiger partial charge in [0.15, 0.2) is 29.7 Å². The van der Waals surface area contributed by atoms with E-state index in [-0.39, 0.29) is 22.6 Å². The summed E-state index contributed by atoms with van der Waals surface area (Å²) in [5.74, 6) is -0.813. The molecule has 34 heavy (non-hydrogen) atoms. The normalized spacial score (nSPS) is 12.2. The first kappa shape index (κ1) is 23.0. The van der Waals surface area contributed by atoms with Crippen molar-refractivity contribution in [1.29, 1.82) is 0 Å². The molecule has 3 aromatic rings. The number of ether oxygens (including phenoxy) is 3. The minimum atomic E-state index is -0.803. The van der Waals surface area contributed by atoms with Gasteiger partial charge >= 0.3 is 5.97 Å². The Balaban J connectivity index is 1.52. The van der Waals surface area contributed by atoms with Crippen molar-refractivity contribution in [2.24, 2.45) is 0 Å². The van der Waals surface area contributed by atoms with Gasteiger partial charge in [-0.25, -0.2) is 4.79 Å². The number of hydrogen-bond donors (Lipinski definition) is 1. The highest BCUT2D eigenvalue weighted by Crippen LogP contribution is 2.31. The molecule has 0 saturated carbocycles. The Morgan fingerprint density at radius 1 is 0.941 bits per heavy atom. The van der Waals surface area contributed by atoms with Gasteiger partial charge in [-0.15, -0.1) is 0 Å². The number of benzene rings is 2. The van der Waals surface area contributed by atoms with Crippen LogP contribution >= 0.6 is 0 Å². The second-order valence-electron chi connectivity index (χ2n) is 7.91. The topological polar surface area (TPSA) is 112 Å². The quantitative estimate of drug-likeness (QED) is 0.420. The van der Waals surface area contributed by atoms with E-state index in [2.05, 4.69) is 4.98 Å². The van der Waals surface area contributed by atoms with Crippen molar-refractivity contribution >= 4 is 23.3 Å². The molecule has 0 saturated heterocycles. The first-order chi connectivity index (χ1) is 16.3. The molecule has 0 spiro atoms. The highest BCUT2D eigenvalue weighted by Gasteiger charge is 2.24. The average molecular weight is 461 g/mol. The van der Waals surface area contributed by atoms with Gasteiger partial charge in [0.2, 0.25) is 5.78 Å². The van der Waals surface area contributed by atoms with Crippen molar-refractivity contribution in [2.45, 2.75) is 20.8 Å². The molecule has 0 bridgehead atoms. The van der Waals surface area contributed by atoms with Crippen molar-refractivity contribution in [1.82, 2.24) is 4.98 Å². The number of aromatic amines is 1. The summed E-state index contributed by atoms with van der Waals surface area (Å²) in [6, 6.07) is 11.1. The number of aryl methyl sites for hydroxylation is 1. The van der Waals surface area contributed by atoms with E-state index in [1.807, 2.05) is 0 Å². The average Bonchev–Trinajstić information content (AvgIpc) is 3.15. The second-order valence-corrected chi connectivity index (χ2v) is 7.91. The van der Waals surface area contributed by atoms with Gasteiger partial charge in [-0.2, -0.15) is 0 Å². The van der Waals surface area contributed by atoms with Gasteiger partial charge in [0.25, 0.3) is 0 Å². The monoisotopic (exact) mass is 461 g/mol. The zero-order valence-corrected chi connectivity index (χ0v) is 19.0. The van der Waals surface area contributed by atoms with Crippen molar-refractivity contribution in [3.8, 4) is 11.5 Å². The van der Waals surface area contributed by atoms with E-state index in [0.717, 1.165) is 0 Å². The highest BCUT2D eigenvalue weighted by molar-refractivity contribution is 6.15. The third kappa shape index (κ3) is 4.34. The number of Topliss-reactive ketones (excluding diaryl/α,β-unsaturated/α-hetero) is 2. The molecular formula is C26H23NO7. The Bertz CT molecular complexity index is 1320. The van der Waals surface area contributed by atoms with Gasteiger partial charge in [0, 0.05) is 22.4 Å². The third-order valence-corrected chi connectivity index (χ3v) is 5.60. The summed E-state index contributed by atoms with van der Waals surface area (Å²) < 4.78 is 16.3. The number of aromatic nitrogens is 1. The van der Waals surface area contributed by atoms with E-state index in [0.29, 0.717) is 47.1 Å². The standard InChI is InChI=1S/C26H23NO7/c1-14-23(16(3)28)15(2)27-24(14)20(29)13-34-26(31)19-7-5-4-6-18(19)25(30)17-8-9-21-22(12-17)33-11-10-32-21/h4-9,12,27H,10-11,13H2,1-3H3. The third-order valence-electron chi connectivity index (χ3n) is 5.60. The smallest absolute Gasteiger partial charge is 0.339 e. The fourth-order valence-corrected chi connectivity index (χ4v) is 4.04. The largest absolute Gasteiger partial charge is 0.486 e. The van der Waals surface area contributed by atoms with E-state index >= 15 is 0 Å². The predicted molar refractivity (Wildman–Crippen MR) is 122 cm³/mol. The molecule has 8 heteroatoms. The summed E-state index contributed by atoms with van der Waals surface area (Å²) >= 11 is 0. The van der Waals surface area contributed by atoms with Gasteiger partial charge < -0.3 is 19.2 Å². The second kappa shape index (κ2) is 9.35. The lowest BCUT2D eigenvalue weighted by molar-refractivity contribution is 0.0471. The molecular weight excluding hydrogens is 438 g/mol. The molecule has 0 unspecified atom stereocenters.